The molecule has 29 heavy (non-hydrogen) atoms. The number of likely N-dealkylation sites (tertiary alicyclic amines) is 1. The summed E-state index contributed by atoms with van der Waals surface area (Å²) < 4.78 is 10.6. The summed E-state index contributed by atoms with van der Waals surface area (Å²) in [6, 6.07) is 11.3. The molecule has 0 aromatic heterocycles. The number of ether oxygens (including phenoxy) is 2. The number of carbonyl (C=O) groups is 3. The van der Waals surface area contributed by atoms with E-state index in [2.05, 4.69) is 0 Å². The predicted molar refractivity (Wildman–Crippen MR) is 110 cm³/mol. The molecule has 0 radical (unpaired) electrons. The summed E-state index contributed by atoms with van der Waals surface area (Å²) in [5.74, 6) is -0.353. The first-order valence-electron chi connectivity index (χ1n) is 9.75. The van der Waals surface area contributed by atoms with Crippen molar-refractivity contribution in [2.75, 3.05) is 20.2 Å². The van der Waals surface area contributed by atoms with Gasteiger partial charge in [-0.3, -0.25) is 9.59 Å². The number of benzene rings is 2. The lowest BCUT2D eigenvalue weighted by Gasteiger charge is -2.40. The van der Waals surface area contributed by atoms with Crippen molar-refractivity contribution in [3.8, 4) is 0 Å². The van der Waals surface area contributed by atoms with Crippen LogP contribution < -0.4 is 0 Å². The third-order valence-corrected chi connectivity index (χ3v) is 5.42. The van der Waals surface area contributed by atoms with E-state index in [-0.39, 0.29) is 12.1 Å². The van der Waals surface area contributed by atoms with Gasteiger partial charge in [0.2, 0.25) is 0 Å². The average Bonchev–Trinajstić information content (AvgIpc) is 2.71. The van der Waals surface area contributed by atoms with Gasteiger partial charge in [0.15, 0.2) is 6.29 Å². The van der Waals surface area contributed by atoms with Crippen LogP contribution in [-0.4, -0.2) is 49.0 Å². The molecule has 0 unspecified atom stereocenters. The fourth-order valence-corrected chi connectivity index (χ4v) is 3.92. The Morgan fingerprint density at radius 3 is 2.34 bits per heavy atom. The van der Waals surface area contributed by atoms with Crippen molar-refractivity contribution >= 4 is 29.1 Å². The molecule has 1 aliphatic rings. The number of rotatable bonds is 3. The Morgan fingerprint density at radius 2 is 1.76 bits per heavy atom. The number of esters is 1. The standard InChI is InChI=1S/C23H27NO5/c1-22(2,3)29-21(27)24-11-9-23(10-12-24,20(26)28-4)18-13-16-7-5-6-8-19(16)17(14-18)15-25/h5-8,13-15H,9-12H2,1-4H3. The Labute approximate surface area is 170 Å². The van der Waals surface area contributed by atoms with Crippen LogP contribution in [0.15, 0.2) is 36.4 Å². The molecule has 3 rings (SSSR count). The lowest BCUT2D eigenvalue weighted by molar-refractivity contribution is -0.149. The van der Waals surface area contributed by atoms with Gasteiger partial charge in [-0.2, -0.15) is 0 Å². The molecule has 0 N–H and O–H groups in total. The first-order chi connectivity index (χ1) is 13.7. The second-order valence-electron chi connectivity index (χ2n) is 8.45. The van der Waals surface area contributed by atoms with E-state index in [9.17, 15) is 14.4 Å². The molecule has 1 fully saturated rings. The molecule has 1 aliphatic heterocycles. The summed E-state index contributed by atoms with van der Waals surface area (Å²) in [5.41, 5.74) is -0.204. The van der Waals surface area contributed by atoms with E-state index >= 15 is 0 Å². The van der Waals surface area contributed by atoms with Crippen LogP contribution in [0.5, 0.6) is 0 Å². The van der Waals surface area contributed by atoms with Gasteiger partial charge in [-0.1, -0.05) is 24.3 Å². The van der Waals surface area contributed by atoms with Gasteiger partial charge in [-0.15, -0.1) is 0 Å². The zero-order valence-corrected chi connectivity index (χ0v) is 17.4. The number of amides is 1. The Balaban J connectivity index is 1.96. The van der Waals surface area contributed by atoms with Crippen LogP contribution in [0.4, 0.5) is 4.79 Å². The van der Waals surface area contributed by atoms with Gasteiger partial charge in [-0.25, -0.2) is 4.79 Å². The average molecular weight is 397 g/mol. The van der Waals surface area contributed by atoms with Crippen molar-refractivity contribution in [1.82, 2.24) is 4.90 Å². The van der Waals surface area contributed by atoms with Crippen molar-refractivity contribution in [3.63, 3.8) is 0 Å². The topological polar surface area (TPSA) is 72.9 Å². The number of nitrogens with zero attached hydrogens (tertiary/aromatic N) is 1. The molecular weight excluding hydrogens is 370 g/mol. The van der Waals surface area contributed by atoms with Crippen LogP contribution in [0.1, 0.15) is 49.5 Å². The molecule has 6 heteroatoms. The zero-order chi connectivity index (χ0) is 21.2. The molecule has 2 aromatic rings. The molecule has 0 aliphatic carbocycles. The summed E-state index contributed by atoms with van der Waals surface area (Å²) in [6.45, 7) is 6.21. The number of aldehydes is 1. The van der Waals surface area contributed by atoms with Gasteiger partial charge < -0.3 is 14.4 Å². The minimum atomic E-state index is -0.908. The largest absolute Gasteiger partial charge is 0.468 e. The highest BCUT2D eigenvalue weighted by Gasteiger charge is 2.45. The fraction of sp³-hybridized carbons (Fsp3) is 0.435. The van der Waals surface area contributed by atoms with E-state index in [1.165, 1.54) is 7.11 Å². The second-order valence-corrected chi connectivity index (χ2v) is 8.45. The first-order valence-corrected chi connectivity index (χ1v) is 9.75. The molecule has 154 valence electrons. The molecule has 0 atom stereocenters. The molecule has 1 heterocycles. The normalized spacial score (nSPS) is 16.3. The van der Waals surface area contributed by atoms with Gasteiger partial charge in [0.05, 0.1) is 12.5 Å². The van der Waals surface area contributed by atoms with Gasteiger partial charge >= 0.3 is 12.1 Å². The van der Waals surface area contributed by atoms with Crippen LogP contribution in [0.3, 0.4) is 0 Å². The monoisotopic (exact) mass is 397 g/mol. The van der Waals surface area contributed by atoms with E-state index < -0.39 is 11.0 Å². The van der Waals surface area contributed by atoms with Crippen LogP contribution >= 0.6 is 0 Å². The van der Waals surface area contributed by atoms with Crippen LogP contribution in [0.25, 0.3) is 10.8 Å². The second kappa shape index (κ2) is 7.85. The quantitative estimate of drug-likeness (QED) is 0.576. The van der Waals surface area contributed by atoms with Gasteiger partial charge in [0.1, 0.15) is 5.60 Å². The first kappa shape index (κ1) is 20.8. The van der Waals surface area contributed by atoms with E-state index in [1.807, 2.05) is 51.1 Å². The maximum Gasteiger partial charge on any atom is 0.410 e. The molecule has 0 spiro atoms. The molecule has 1 saturated heterocycles. The lowest BCUT2D eigenvalue weighted by Crippen LogP contribution is -2.50. The number of hydrogen-bond donors (Lipinski definition) is 0. The number of piperidine rings is 1. The van der Waals surface area contributed by atoms with Crippen LogP contribution in [0, 0.1) is 0 Å². The maximum atomic E-state index is 12.9. The highest BCUT2D eigenvalue weighted by Crippen LogP contribution is 2.39. The molecule has 6 nitrogen and oxygen atoms in total. The SMILES string of the molecule is COC(=O)C1(c2cc(C=O)c3ccccc3c2)CCN(C(=O)OC(C)(C)C)CC1. The van der Waals surface area contributed by atoms with Crippen LogP contribution in [-0.2, 0) is 19.7 Å². The van der Waals surface area contributed by atoms with Gasteiger partial charge in [0, 0.05) is 18.7 Å². The van der Waals surface area contributed by atoms with Crippen molar-refractivity contribution in [2.24, 2.45) is 0 Å². The summed E-state index contributed by atoms with van der Waals surface area (Å²) in [7, 11) is 1.37. The number of carbonyl (C=O) groups excluding carboxylic acids is 3. The third-order valence-electron chi connectivity index (χ3n) is 5.42. The Hall–Kier alpha value is -2.89. The Bertz CT molecular complexity index is 936. The molecular formula is C23H27NO5. The highest BCUT2D eigenvalue weighted by atomic mass is 16.6. The Morgan fingerprint density at radius 1 is 1.10 bits per heavy atom. The summed E-state index contributed by atoms with van der Waals surface area (Å²) in [6.07, 6.45) is 1.22. The minimum Gasteiger partial charge on any atom is -0.468 e. The molecule has 0 saturated carbocycles. The van der Waals surface area contributed by atoms with Crippen molar-refractivity contribution < 1.29 is 23.9 Å². The molecule has 2 aromatic carbocycles. The number of fused-ring (bicyclic) bond motifs is 1. The minimum absolute atomic E-state index is 0.353. The van der Waals surface area contributed by atoms with Crippen molar-refractivity contribution in [2.45, 2.75) is 44.6 Å². The van der Waals surface area contributed by atoms with E-state index in [4.69, 9.17) is 9.47 Å². The summed E-state index contributed by atoms with van der Waals surface area (Å²) in [4.78, 5) is 38.6. The fourth-order valence-electron chi connectivity index (χ4n) is 3.92. The number of methoxy groups -OCH3 is 1. The summed E-state index contributed by atoms with van der Waals surface area (Å²) >= 11 is 0. The zero-order valence-electron chi connectivity index (χ0n) is 17.4. The third kappa shape index (κ3) is 4.11. The lowest BCUT2D eigenvalue weighted by atomic mass is 9.72. The van der Waals surface area contributed by atoms with Gasteiger partial charge in [-0.05, 0) is 62.1 Å². The van der Waals surface area contributed by atoms with Crippen LogP contribution in [0.2, 0.25) is 0 Å². The predicted octanol–water partition coefficient (Wildman–Crippen LogP) is 4.09. The van der Waals surface area contributed by atoms with E-state index in [0.29, 0.717) is 31.5 Å². The Kier molecular flexibility index (Phi) is 5.64. The van der Waals surface area contributed by atoms with E-state index in [0.717, 1.165) is 22.6 Å². The molecule has 0 bridgehead atoms. The highest BCUT2D eigenvalue weighted by molar-refractivity contribution is 5.99. The maximum absolute atomic E-state index is 12.9. The van der Waals surface area contributed by atoms with Gasteiger partial charge in [0.25, 0.3) is 0 Å². The van der Waals surface area contributed by atoms with Crippen molar-refractivity contribution in [3.05, 3.63) is 47.5 Å². The summed E-state index contributed by atoms with van der Waals surface area (Å²) in [5, 5.41) is 1.74. The van der Waals surface area contributed by atoms with E-state index in [1.54, 1.807) is 11.0 Å². The smallest absolute Gasteiger partial charge is 0.410 e. The number of hydrogen-bond acceptors (Lipinski definition) is 5. The van der Waals surface area contributed by atoms with Crippen molar-refractivity contribution in [1.29, 1.82) is 0 Å². The molecule has 1 amide bonds.